The molecule has 1 fully saturated rings. The Morgan fingerprint density at radius 3 is 2.91 bits per heavy atom. The van der Waals surface area contributed by atoms with Gasteiger partial charge in [-0.25, -0.2) is 4.79 Å². The summed E-state index contributed by atoms with van der Waals surface area (Å²) in [5.74, 6) is 0.570. The minimum atomic E-state index is -0.925. The fourth-order valence-electron chi connectivity index (χ4n) is 1.44. The third-order valence-electron chi connectivity index (χ3n) is 1.90. The number of nitrogens with one attached hydrogen (secondary N) is 2. The highest BCUT2D eigenvalue weighted by Crippen LogP contribution is 2.08. The van der Waals surface area contributed by atoms with E-state index in [1.54, 1.807) is 0 Å². The second-order valence-corrected chi connectivity index (χ2v) is 3.15. The number of carbonyl (C=O) groups is 1. The highest BCUT2D eigenvalue weighted by Gasteiger charge is 2.19. The molecule has 0 bridgehead atoms. The van der Waals surface area contributed by atoms with Gasteiger partial charge in [-0.1, -0.05) is 6.92 Å². The minimum Gasteiger partial charge on any atom is -0.465 e. The third kappa shape index (κ3) is 2.76. The number of piperidine rings is 1. The largest absolute Gasteiger partial charge is 0.465 e. The van der Waals surface area contributed by atoms with Crippen molar-refractivity contribution in [1.82, 2.24) is 10.6 Å². The first-order chi connectivity index (χ1) is 5.18. The van der Waals surface area contributed by atoms with Gasteiger partial charge < -0.3 is 15.7 Å². The molecule has 1 rings (SSSR count). The standard InChI is InChI=1S/C7H14N2O2/c1-5-2-6(4-8-3-5)9-7(10)11/h5-6,8-9H,2-4H2,1H3,(H,10,11)/t5-,6-/m0/s1. The van der Waals surface area contributed by atoms with Crippen LogP contribution in [0.1, 0.15) is 13.3 Å². The molecule has 0 saturated carbocycles. The molecule has 4 heteroatoms. The quantitative estimate of drug-likeness (QED) is 0.512. The lowest BCUT2D eigenvalue weighted by atomic mass is 9.98. The summed E-state index contributed by atoms with van der Waals surface area (Å²) in [6.07, 6.45) is 0.0187. The molecule has 11 heavy (non-hydrogen) atoms. The van der Waals surface area contributed by atoms with Crippen LogP contribution in [0.25, 0.3) is 0 Å². The van der Waals surface area contributed by atoms with Crippen LogP contribution in [-0.4, -0.2) is 30.3 Å². The predicted molar refractivity (Wildman–Crippen MR) is 41.6 cm³/mol. The van der Waals surface area contributed by atoms with Gasteiger partial charge in [0.2, 0.25) is 0 Å². The first kappa shape index (κ1) is 8.33. The molecule has 1 aliphatic rings. The smallest absolute Gasteiger partial charge is 0.404 e. The van der Waals surface area contributed by atoms with Crippen LogP contribution in [0.3, 0.4) is 0 Å². The lowest BCUT2D eigenvalue weighted by Crippen LogP contribution is -2.47. The maximum atomic E-state index is 10.2. The minimum absolute atomic E-state index is 0.0937. The van der Waals surface area contributed by atoms with E-state index in [0.29, 0.717) is 5.92 Å². The molecule has 0 aromatic heterocycles. The van der Waals surface area contributed by atoms with Crippen LogP contribution in [-0.2, 0) is 0 Å². The van der Waals surface area contributed by atoms with Gasteiger partial charge in [-0.2, -0.15) is 0 Å². The molecule has 0 aromatic rings. The molecule has 0 radical (unpaired) electrons. The van der Waals surface area contributed by atoms with Crippen LogP contribution >= 0.6 is 0 Å². The first-order valence-corrected chi connectivity index (χ1v) is 3.88. The molecule has 1 heterocycles. The van der Waals surface area contributed by atoms with Crippen LogP contribution in [0.15, 0.2) is 0 Å². The Kier molecular flexibility index (Phi) is 2.70. The van der Waals surface area contributed by atoms with Crippen LogP contribution < -0.4 is 10.6 Å². The molecular formula is C7H14N2O2. The van der Waals surface area contributed by atoms with E-state index in [-0.39, 0.29) is 6.04 Å². The van der Waals surface area contributed by atoms with E-state index in [1.165, 1.54) is 0 Å². The van der Waals surface area contributed by atoms with Crippen molar-refractivity contribution in [2.75, 3.05) is 13.1 Å². The lowest BCUT2D eigenvalue weighted by molar-refractivity contribution is 0.184. The second-order valence-electron chi connectivity index (χ2n) is 3.15. The van der Waals surface area contributed by atoms with Gasteiger partial charge in [-0.15, -0.1) is 0 Å². The number of hydrogen-bond donors (Lipinski definition) is 3. The molecule has 0 aliphatic carbocycles. The molecule has 4 nitrogen and oxygen atoms in total. The molecule has 1 saturated heterocycles. The average molecular weight is 158 g/mol. The fraction of sp³-hybridized carbons (Fsp3) is 0.857. The van der Waals surface area contributed by atoms with Gasteiger partial charge in [0.1, 0.15) is 0 Å². The summed E-state index contributed by atoms with van der Waals surface area (Å²) >= 11 is 0. The first-order valence-electron chi connectivity index (χ1n) is 3.88. The Hall–Kier alpha value is -0.770. The van der Waals surface area contributed by atoms with Crippen molar-refractivity contribution >= 4 is 6.09 Å². The van der Waals surface area contributed by atoms with E-state index in [9.17, 15) is 4.79 Å². The van der Waals surface area contributed by atoms with Crippen molar-refractivity contribution in [3.05, 3.63) is 0 Å². The van der Waals surface area contributed by atoms with E-state index in [2.05, 4.69) is 17.6 Å². The summed E-state index contributed by atoms with van der Waals surface area (Å²) in [7, 11) is 0. The topological polar surface area (TPSA) is 61.4 Å². The summed E-state index contributed by atoms with van der Waals surface area (Å²) in [6.45, 7) is 3.87. The zero-order valence-corrected chi connectivity index (χ0v) is 6.63. The van der Waals surface area contributed by atoms with E-state index >= 15 is 0 Å². The fourth-order valence-corrected chi connectivity index (χ4v) is 1.44. The van der Waals surface area contributed by atoms with Crippen LogP contribution in [0, 0.1) is 5.92 Å². The SMILES string of the molecule is C[C@@H]1CNC[C@@H](NC(=O)O)C1. The summed E-state index contributed by atoms with van der Waals surface area (Å²) in [4.78, 5) is 10.2. The zero-order valence-electron chi connectivity index (χ0n) is 6.63. The molecule has 0 unspecified atom stereocenters. The van der Waals surface area contributed by atoms with Crippen molar-refractivity contribution in [1.29, 1.82) is 0 Å². The highest BCUT2D eigenvalue weighted by atomic mass is 16.4. The number of amides is 1. The van der Waals surface area contributed by atoms with E-state index in [1.807, 2.05) is 0 Å². The Bertz CT molecular complexity index is 149. The zero-order chi connectivity index (χ0) is 8.27. The average Bonchev–Trinajstić information content (AvgIpc) is 1.85. The monoisotopic (exact) mass is 158 g/mol. The van der Waals surface area contributed by atoms with E-state index < -0.39 is 6.09 Å². The Morgan fingerprint density at radius 2 is 2.36 bits per heavy atom. The van der Waals surface area contributed by atoms with Crippen molar-refractivity contribution in [2.45, 2.75) is 19.4 Å². The molecule has 2 atom stereocenters. The maximum absolute atomic E-state index is 10.2. The highest BCUT2D eigenvalue weighted by molar-refractivity contribution is 5.64. The van der Waals surface area contributed by atoms with Crippen molar-refractivity contribution in [2.24, 2.45) is 5.92 Å². The van der Waals surface area contributed by atoms with Crippen molar-refractivity contribution in [3.8, 4) is 0 Å². The summed E-state index contributed by atoms with van der Waals surface area (Å²) < 4.78 is 0. The number of carboxylic acid groups (broad SMARTS) is 1. The lowest BCUT2D eigenvalue weighted by Gasteiger charge is -2.27. The van der Waals surface area contributed by atoms with Crippen molar-refractivity contribution < 1.29 is 9.90 Å². The number of hydrogen-bond acceptors (Lipinski definition) is 2. The normalized spacial score (nSPS) is 31.4. The van der Waals surface area contributed by atoms with Crippen molar-refractivity contribution in [3.63, 3.8) is 0 Å². The van der Waals surface area contributed by atoms with Gasteiger partial charge in [-0.05, 0) is 18.9 Å². The maximum Gasteiger partial charge on any atom is 0.404 e. The molecule has 3 N–H and O–H groups in total. The van der Waals surface area contributed by atoms with Gasteiger partial charge in [0, 0.05) is 12.6 Å². The molecule has 64 valence electrons. The molecule has 1 aliphatic heterocycles. The summed E-state index contributed by atoms with van der Waals surface area (Å²) in [5, 5.41) is 14.0. The second kappa shape index (κ2) is 3.57. The predicted octanol–water partition coefficient (Wildman–Crippen LogP) is 0.252. The summed E-state index contributed by atoms with van der Waals surface area (Å²) in [6, 6.07) is 0.0937. The number of rotatable bonds is 1. The third-order valence-corrected chi connectivity index (χ3v) is 1.90. The van der Waals surface area contributed by atoms with Crippen LogP contribution in [0.4, 0.5) is 4.79 Å². The van der Waals surface area contributed by atoms with Crippen LogP contribution in [0.5, 0.6) is 0 Å². The van der Waals surface area contributed by atoms with Gasteiger partial charge in [0.05, 0.1) is 0 Å². The Morgan fingerprint density at radius 1 is 1.64 bits per heavy atom. The van der Waals surface area contributed by atoms with E-state index in [0.717, 1.165) is 19.5 Å². The van der Waals surface area contributed by atoms with Gasteiger partial charge in [-0.3, -0.25) is 0 Å². The van der Waals surface area contributed by atoms with Gasteiger partial charge in [0.15, 0.2) is 0 Å². The Balaban J connectivity index is 2.28. The Labute approximate surface area is 66.0 Å². The van der Waals surface area contributed by atoms with Gasteiger partial charge in [0.25, 0.3) is 0 Å². The van der Waals surface area contributed by atoms with Gasteiger partial charge >= 0.3 is 6.09 Å². The molecule has 0 spiro atoms. The molecule has 0 aromatic carbocycles. The van der Waals surface area contributed by atoms with Crippen LogP contribution in [0.2, 0.25) is 0 Å². The molecule has 1 amide bonds. The summed E-state index contributed by atoms with van der Waals surface area (Å²) in [5.41, 5.74) is 0. The molecular weight excluding hydrogens is 144 g/mol. The van der Waals surface area contributed by atoms with E-state index in [4.69, 9.17) is 5.11 Å².